The first-order chi connectivity index (χ1) is 40.1. The number of rotatable bonds is 26. The van der Waals surface area contributed by atoms with Gasteiger partial charge in [0.05, 0.1) is 17.1 Å². The second kappa shape index (κ2) is 33.6. The van der Waals surface area contributed by atoms with Crippen LogP contribution in [-0.2, 0) is 61.0 Å². The first kappa shape index (κ1) is 70.5. The van der Waals surface area contributed by atoms with Gasteiger partial charge in [-0.2, -0.15) is 4.31 Å². The summed E-state index contributed by atoms with van der Waals surface area (Å²) < 4.78 is 51.3. The van der Waals surface area contributed by atoms with E-state index in [2.05, 4.69) is 39.9 Å². The molecule has 3 aromatic carbocycles. The summed E-state index contributed by atoms with van der Waals surface area (Å²) in [5.74, 6) is 3.09. The number of hydrogen-bond donors (Lipinski definition) is 3. The summed E-state index contributed by atoms with van der Waals surface area (Å²) in [7, 11) is -0.951. The summed E-state index contributed by atoms with van der Waals surface area (Å²) >= 11 is 0. The van der Waals surface area contributed by atoms with Crippen LogP contribution in [0.3, 0.4) is 0 Å². The fourth-order valence-corrected chi connectivity index (χ4v) is 11.0. The summed E-state index contributed by atoms with van der Waals surface area (Å²) in [4.78, 5) is 85.6. The maximum absolute atomic E-state index is 14.2. The first-order valence-electron chi connectivity index (χ1n) is 29.2. The Morgan fingerprint density at radius 2 is 1.02 bits per heavy atom. The molecule has 2 fully saturated rings. The zero-order chi connectivity index (χ0) is 63.1. The van der Waals surface area contributed by atoms with Gasteiger partial charge in [0.2, 0.25) is 33.7 Å². The summed E-state index contributed by atoms with van der Waals surface area (Å²) in [6.45, 7) is 19.6. The zero-order valence-electron chi connectivity index (χ0n) is 51.9. The van der Waals surface area contributed by atoms with E-state index in [9.17, 15) is 37.2 Å². The number of nitrogens with one attached hydrogen (secondary N) is 3. The standard InChI is InChI=1S/C35H48N4O7S.C29H44N4O5/c1-8-24-45-27(3)31(36-32(40)26(2)37(7)34(42)46-35(4,5)6)33(41)39-22-15-18-29(39)25-38(23-21-28-16-11-9-12-17-28)47(43,44)30-19-13-10-14-20-30;1-8-19-37-22(3)25(31-26(34)21(2)32(7)28(36)38-29(4,5)6)27(35)33-18-12-15-24(33)20-30-17-16-23-13-10-9-11-14-23/h1,9-14,16-17,19-20,26-27,29,31H,15,18,21-25H2,2-7H3,(H,36,40);1,9-11,13-14,21-22,24-25,30H,12,15-20H2,2-7H3,(H,31,34)/t26-,27+,29-,31-;21-,22+,24-,25-/m00/s1. The van der Waals surface area contributed by atoms with Gasteiger partial charge < -0.3 is 44.7 Å². The van der Waals surface area contributed by atoms with Crippen molar-refractivity contribution in [1.82, 2.24) is 39.9 Å². The van der Waals surface area contributed by atoms with Crippen molar-refractivity contribution in [3.05, 3.63) is 102 Å². The molecule has 0 aromatic heterocycles. The summed E-state index contributed by atoms with van der Waals surface area (Å²) in [5.41, 5.74) is 0.794. The number of sulfonamides is 1. The number of terminal acetylenes is 2. The summed E-state index contributed by atoms with van der Waals surface area (Å²) in [5, 5.41) is 9.06. The Balaban J connectivity index is 0.000000373. The van der Waals surface area contributed by atoms with Crippen LogP contribution < -0.4 is 16.0 Å². The van der Waals surface area contributed by atoms with Crippen molar-refractivity contribution in [3.63, 3.8) is 0 Å². The molecule has 3 N–H and O–H groups in total. The number of likely N-dealkylation sites (tertiary alicyclic amines) is 2. The second-order valence-corrected chi connectivity index (χ2v) is 25.4. The normalized spacial score (nSPS) is 17.3. The quantitative estimate of drug-likeness (QED) is 0.0596. The molecule has 6 amide bonds. The number of hydrogen-bond acceptors (Lipinski definition) is 13. The van der Waals surface area contributed by atoms with Gasteiger partial charge in [0, 0.05) is 58.9 Å². The molecule has 0 radical (unpaired) electrons. The van der Waals surface area contributed by atoms with Crippen molar-refractivity contribution in [2.45, 2.75) is 172 Å². The Bertz CT molecular complexity index is 2820. The number of nitrogens with zero attached hydrogens (tertiary/aromatic N) is 5. The molecule has 0 saturated carbocycles. The van der Waals surface area contributed by atoms with Gasteiger partial charge in [-0.25, -0.2) is 18.0 Å². The molecule has 2 saturated heterocycles. The second-order valence-electron chi connectivity index (χ2n) is 23.5. The van der Waals surface area contributed by atoms with E-state index < -0.39 is 93.6 Å². The van der Waals surface area contributed by atoms with E-state index in [1.165, 1.54) is 35.8 Å². The highest BCUT2D eigenvalue weighted by Crippen LogP contribution is 2.26. The Morgan fingerprint density at radius 3 is 1.45 bits per heavy atom. The van der Waals surface area contributed by atoms with Crippen LogP contribution in [0.5, 0.6) is 0 Å². The molecular weight excluding hydrogens is 1100 g/mol. The van der Waals surface area contributed by atoms with Crippen LogP contribution in [0.25, 0.3) is 0 Å². The van der Waals surface area contributed by atoms with E-state index in [-0.39, 0.29) is 43.1 Å². The van der Waals surface area contributed by atoms with E-state index in [0.29, 0.717) is 38.9 Å². The third-order valence-corrected chi connectivity index (χ3v) is 16.5. The smallest absolute Gasteiger partial charge is 0.410 e. The minimum Gasteiger partial charge on any atom is -0.444 e. The molecule has 2 heterocycles. The topological polar surface area (TPSA) is 226 Å². The van der Waals surface area contributed by atoms with Gasteiger partial charge >= 0.3 is 12.2 Å². The molecule has 3 aromatic rings. The molecule has 21 heteroatoms. The Hall–Kier alpha value is -7.01. The van der Waals surface area contributed by atoms with Crippen molar-refractivity contribution >= 4 is 45.8 Å². The molecule has 2 aliphatic heterocycles. The predicted octanol–water partition coefficient (Wildman–Crippen LogP) is 6.28. The molecule has 0 bridgehead atoms. The Labute approximate surface area is 505 Å². The van der Waals surface area contributed by atoms with Crippen LogP contribution in [0, 0.1) is 24.7 Å². The van der Waals surface area contributed by atoms with Gasteiger partial charge in [-0.3, -0.25) is 29.0 Å². The van der Waals surface area contributed by atoms with Crippen LogP contribution in [0.4, 0.5) is 9.59 Å². The molecule has 8 atom stereocenters. The number of likely N-dealkylation sites (N-methyl/N-ethyl adjacent to an activating group) is 2. The number of amides is 6. The maximum Gasteiger partial charge on any atom is 0.410 e. The van der Waals surface area contributed by atoms with Crippen LogP contribution in [-0.4, -0.2) is 194 Å². The highest BCUT2D eigenvalue weighted by molar-refractivity contribution is 7.89. The lowest BCUT2D eigenvalue weighted by molar-refractivity contribution is -0.142. The fourth-order valence-electron chi connectivity index (χ4n) is 9.54. The summed E-state index contributed by atoms with van der Waals surface area (Å²) in [6.07, 6.45) is 12.4. The Morgan fingerprint density at radius 1 is 0.624 bits per heavy atom. The molecular formula is C64H92N8O12S. The van der Waals surface area contributed by atoms with Crippen molar-refractivity contribution in [2.24, 2.45) is 0 Å². The van der Waals surface area contributed by atoms with Gasteiger partial charge in [-0.1, -0.05) is 90.7 Å². The van der Waals surface area contributed by atoms with Crippen molar-refractivity contribution in [3.8, 4) is 24.7 Å². The highest BCUT2D eigenvalue weighted by atomic mass is 32.2. The van der Waals surface area contributed by atoms with E-state index in [1.54, 1.807) is 97.5 Å². The molecule has 466 valence electrons. The number of carbonyl (C=O) groups is 6. The average Bonchev–Trinajstić information content (AvgIpc) is 3.93. The van der Waals surface area contributed by atoms with Gasteiger partial charge in [0.15, 0.2) is 0 Å². The van der Waals surface area contributed by atoms with E-state index in [1.807, 2.05) is 53.4 Å². The minimum atomic E-state index is -3.89. The van der Waals surface area contributed by atoms with E-state index in [4.69, 9.17) is 31.8 Å². The van der Waals surface area contributed by atoms with Crippen molar-refractivity contribution in [2.75, 3.05) is 66.6 Å². The van der Waals surface area contributed by atoms with Gasteiger partial charge in [0.25, 0.3) is 0 Å². The molecule has 0 aliphatic carbocycles. The maximum atomic E-state index is 14.2. The largest absolute Gasteiger partial charge is 0.444 e. The van der Waals surface area contributed by atoms with Crippen LogP contribution >= 0.6 is 0 Å². The number of carbonyl (C=O) groups excluding carboxylic acids is 6. The van der Waals surface area contributed by atoms with Crippen LogP contribution in [0.15, 0.2) is 95.9 Å². The fraction of sp³-hybridized carbons (Fsp3) is 0.562. The monoisotopic (exact) mass is 1200 g/mol. The van der Waals surface area contributed by atoms with Crippen LogP contribution in [0.1, 0.15) is 106 Å². The molecule has 0 spiro atoms. The van der Waals surface area contributed by atoms with Crippen molar-refractivity contribution in [1.29, 1.82) is 0 Å². The lowest BCUT2D eigenvalue weighted by Gasteiger charge is -2.35. The first-order valence-corrected chi connectivity index (χ1v) is 30.6. The molecule has 2 aliphatic rings. The minimum absolute atomic E-state index is 0.0126. The highest BCUT2D eigenvalue weighted by Gasteiger charge is 2.42. The molecule has 20 nitrogen and oxygen atoms in total. The molecule has 0 unspecified atom stereocenters. The predicted molar refractivity (Wildman–Crippen MR) is 327 cm³/mol. The van der Waals surface area contributed by atoms with Gasteiger partial charge in [0.1, 0.15) is 48.6 Å². The summed E-state index contributed by atoms with van der Waals surface area (Å²) in [6, 6.07) is 23.7. The lowest BCUT2D eigenvalue weighted by Crippen LogP contribution is -2.59. The molecule has 5 rings (SSSR count). The van der Waals surface area contributed by atoms with Gasteiger partial charge in [-0.15, -0.1) is 12.8 Å². The zero-order valence-corrected chi connectivity index (χ0v) is 52.7. The SMILES string of the molecule is C#CCO[C@H](C)[C@H](NC(=O)[C@H](C)N(C)C(=O)OC(C)(C)C)C(=O)N1CCC[C@H]1CN(CCc1ccccc1)S(=O)(=O)c1ccccc1.C#CCO[C@H](C)[C@H](NC(=O)[C@H](C)N(C)C(=O)OC(C)(C)C)C(=O)N1CCC[C@H]1CNCCc1ccccc1. The molecule has 85 heavy (non-hydrogen) atoms. The lowest BCUT2D eigenvalue weighted by atomic mass is 10.1. The van der Waals surface area contributed by atoms with Crippen molar-refractivity contribution < 1.29 is 56.1 Å². The van der Waals surface area contributed by atoms with Crippen LogP contribution in [0.2, 0.25) is 0 Å². The number of benzene rings is 3. The third kappa shape index (κ3) is 22.4. The average molecular weight is 1200 g/mol. The van der Waals surface area contributed by atoms with Gasteiger partial charge in [-0.05, 0) is 138 Å². The number of ether oxygens (including phenoxy) is 4. The van der Waals surface area contributed by atoms with E-state index in [0.717, 1.165) is 36.3 Å². The van der Waals surface area contributed by atoms with E-state index >= 15 is 0 Å². The third-order valence-electron chi connectivity index (χ3n) is 14.6. The Kier molecular flexibility index (Phi) is 27.9.